The molecule has 100 valence electrons. The first-order valence-electron chi connectivity index (χ1n) is 6.62. The van der Waals surface area contributed by atoms with Gasteiger partial charge in [-0.15, -0.1) is 0 Å². The van der Waals surface area contributed by atoms with E-state index in [0.717, 1.165) is 11.0 Å². The number of rotatable bonds is 4. The predicted molar refractivity (Wildman–Crippen MR) is 78.6 cm³/mol. The molecule has 3 nitrogen and oxygen atoms in total. The normalized spacial score (nSPS) is 24.9. The summed E-state index contributed by atoms with van der Waals surface area (Å²) < 4.78 is 1.07. The van der Waals surface area contributed by atoms with Gasteiger partial charge >= 0.3 is 0 Å². The van der Waals surface area contributed by atoms with Gasteiger partial charge in [0.15, 0.2) is 0 Å². The van der Waals surface area contributed by atoms with Crippen molar-refractivity contribution in [3.63, 3.8) is 0 Å². The van der Waals surface area contributed by atoms with E-state index >= 15 is 0 Å². The second-order valence-electron chi connectivity index (χ2n) is 5.47. The molecular weight excluding hydrogens is 290 g/mol. The molecule has 4 heteroatoms. The van der Waals surface area contributed by atoms with Crippen molar-refractivity contribution in [3.8, 4) is 0 Å². The monoisotopic (exact) mass is 311 g/mol. The summed E-state index contributed by atoms with van der Waals surface area (Å²) in [4.78, 5) is 6.74. The van der Waals surface area contributed by atoms with Crippen LogP contribution in [0.25, 0.3) is 0 Å². The summed E-state index contributed by atoms with van der Waals surface area (Å²) in [5.74, 6) is 0.675. The van der Waals surface area contributed by atoms with Crippen LogP contribution in [0.15, 0.2) is 22.9 Å². The van der Waals surface area contributed by atoms with Crippen molar-refractivity contribution in [1.29, 1.82) is 0 Å². The fourth-order valence-corrected chi connectivity index (χ4v) is 3.13. The molecule has 0 aromatic carbocycles. The standard InChI is InChI=1S/C14H22BrN3/c1-10(2)17-8-11-4-5-18(3)14(11)12-6-13(15)9-16-7-12/h6-7,9-11,14,17H,4-5,8H2,1-3H3. The van der Waals surface area contributed by atoms with Gasteiger partial charge in [-0.05, 0) is 53.5 Å². The zero-order valence-corrected chi connectivity index (χ0v) is 12.9. The lowest BCUT2D eigenvalue weighted by molar-refractivity contribution is 0.269. The molecule has 0 bridgehead atoms. The zero-order chi connectivity index (χ0) is 13.1. The maximum absolute atomic E-state index is 4.30. The molecule has 2 heterocycles. The molecule has 18 heavy (non-hydrogen) atoms. The van der Waals surface area contributed by atoms with Gasteiger partial charge in [-0.3, -0.25) is 9.88 Å². The molecule has 2 rings (SSSR count). The van der Waals surface area contributed by atoms with E-state index in [2.05, 4.69) is 58.1 Å². The van der Waals surface area contributed by atoms with Gasteiger partial charge in [0.1, 0.15) is 0 Å². The van der Waals surface area contributed by atoms with Crippen LogP contribution in [0.2, 0.25) is 0 Å². The van der Waals surface area contributed by atoms with Crippen LogP contribution in [0.1, 0.15) is 31.9 Å². The van der Waals surface area contributed by atoms with Gasteiger partial charge in [0.2, 0.25) is 0 Å². The number of nitrogens with one attached hydrogen (secondary N) is 1. The highest BCUT2D eigenvalue weighted by molar-refractivity contribution is 9.10. The molecule has 0 saturated carbocycles. The summed E-state index contributed by atoms with van der Waals surface area (Å²) in [5.41, 5.74) is 1.32. The minimum atomic E-state index is 0.487. The number of likely N-dealkylation sites (tertiary alicyclic amines) is 1. The molecule has 0 spiro atoms. The third-order valence-corrected chi connectivity index (χ3v) is 4.06. The van der Waals surface area contributed by atoms with Crippen LogP contribution in [-0.2, 0) is 0 Å². The first-order chi connectivity index (χ1) is 8.58. The summed E-state index contributed by atoms with van der Waals surface area (Å²) in [7, 11) is 2.21. The van der Waals surface area contributed by atoms with E-state index in [-0.39, 0.29) is 0 Å². The molecule has 2 unspecified atom stereocenters. The van der Waals surface area contributed by atoms with Crippen LogP contribution in [0, 0.1) is 5.92 Å². The van der Waals surface area contributed by atoms with Gasteiger partial charge in [0.25, 0.3) is 0 Å². The Balaban J connectivity index is 2.12. The van der Waals surface area contributed by atoms with Crippen LogP contribution in [0.3, 0.4) is 0 Å². The lowest BCUT2D eigenvalue weighted by Crippen LogP contribution is -2.32. The fourth-order valence-electron chi connectivity index (χ4n) is 2.74. The van der Waals surface area contributed by atoms with Crippen molar-refractivity contribution in [1.82, 2.24) is 15.2 Å². The third kappa shape index (κ3) is 3.31. The summed E-state index contributed by atoms with van der Waals surface area (Å²) in [6.45, 7) is 6.66. The molecule has 2 atom stereocenters. The zero-order valence-electron chi connectivity index (χ0n) is 11.4. The van der Waals surface area contributed by atoms with Crippen molar-refractivity contribution in [3.05, 3.63) is 28.5 Å². The van der Waals surface area contributed by atoms with Crippen LogP contribution in [-0.4, -0.2) is 36.1 Å². The Hall–Kier alpha value is -0.450. The molecule has 1 aliphatic heterocycles. The molecule has 1 fully saturated rings. The Bertz CT molecular complexity index is 394. The summed E-state index contributed by atoms with van der Waals surface area (Å²) in [6, 6.07) is 3.24. The quantitative estimate of drug-likeness (QED) is 0.927. The van der Waals surface area contributed by atoms with Crippen LogP contribution in [0.5, 0.6) is 0 Å². The van der Waals surface area contributed by atoms with Crippen LogP contribution in [0.4, 0.5) is 0 Å². The minimum Gasteiger partial charge on any atom is -0.314 e. The number of hydrogen-bond donors (Lipinski definition) is 1. The fraction of sp³-hybridized carbons (Fsp3) is 0.643. The lowest BCUT2D eigenvalue weighted by Gasteiger charge is -2.26. The second-order valence-corrected chi connectivity index (χ2v) is 6.39. The first-order valence-corrected chi connectivity index (χ1v) is 7.41. The van der Waals surface area contributed by atoms with E-state index in [1.807, 2.05) is 12.4 Å². The van der Waals surface area contributed by atoms with E-state index in [0.29, 0.717) is 18.0 Å². The highest BCUT2D eigenvalue weighted by Gasteiger charge is 2.32. The molecule has 1 aromatic heterocycles. The van der Waals surface area contributed by atoms with Gasteiger partial charge in [0, 0.05) is 35.5 Å². The summed E-state index contributed by atoms with van der Waals surface area (Å²) in [6.07, 6.45) is 5.10. The number of hydrogen-bond acceptors (Lipinski definition) is 3. The molecular formula is C14H22BrN3. The number of halogens is 1. The highest BCUT2D eigenvalue weighted by atomic mass is 79.9. The van der Waals surface area contributed by atoms with Crippen molar-refractivity contribution >= 4 is 15.9 Å². The van der Waals surface area contributed by atoms with E-state index < -0.39 is 0 Å². The van der Waals surface area contributed by atoms with Gasteiger partial charge in [0.05, 0.1) is 0 Å². The van der Waals surface area contributed by atoms with Gasteiger partial charge < -0.3 is 5.32 Å². The lowest BCUT2D eigenvalue weighted by atomic mass is 9.94. The van der Waals surface area contributed by atoms with Crippen molar-refractivity contribution in [2.75, 3.05) is 20.1 Å². The largest absolute Gasteiger partial charge is 0.314 e. The average molecular weight is 312 g/mol. The van der Waals surface area contributed by atoms with Crippen molar-refractivity contribution in [2.24, 2.45) is 5.92 Å². The van der Waals surface area contributed by atoms with Gasteiger partial charge in [-0.1, -0.05) is 13.8 Å². The Kier molecular flexibility index (Phi) is 4.76. The highest BCUT2D eigenvalue weighted by Crippen LogP contribution is 2.36. The number of aromatic nitrogens is 1. The maximum atomic E-state index is 4.30. The average Bonchev–Trinajstić information content (AvgIpc) is 2.68. The molecule has 1 N–H and O–H groups in total. The topological polar surface area (TPSA) is 28.2 Å². The molecule has 0 radical (unpaired) electrons. The molecule has 1 saturated heterocycles. The number of nitrogens with zero attached hydrogens (tertiary/aromatic N) is 2. The third-order valence-electron chi connectivity index (χ3n) is 3.63. The van der Waals surface area contributed by atoms with E-state index in [4.69, 9.17) is 0 Å². The SMILES string of the molecule is CC(C)NCC1CCN(C)C1c1cncc(Br)c1. The molecule has 0 aliphatic carbocycles. The first kappa shape index (κ1) is 14.0. The second kappa shape index (κ2) is 6.13. The van der Waals surface area contributed by atoms with Crippen molar-refractivity contribution in [2.45, 2.75) is 32.4 Å². The minimum absolute atomic E-state index is 0.487. The molecule has 1 aliphatic rings. The van der Waals surface area contributed by atoms with Crippen molar-refractivity contribution < 1.29 is 0 Å². The maximum Gasteiger partial charge on any atom is 0.0410 e. The Morgan fingerprint density at radius 3 is 2.94 bits per heavy atom. The smallest absolute Gasteiger partial charge is 0.0410 e. The van der Waals surface area contributed by atoms with E-state index in [1.54, 1.807) is 0 Å². The van der Waals surface area contributed by atoms with E-state index in [1.165, 1.54) is 18.5 Å². The van der Waals surface area contributed by atoms with Gasteiger partial charge in [-0.25, -0.2) is 0 Å². The Labute approximate surface area is 118 Å². The summed E-state index contributed by atoms with van der Waals surface area (Å²) >= 11 is 3.51. The Morgan fingerprint density at radius 1 is 1.50 bits per heavy atom. The molecule has 1 aromatic rings. The summed E-state index contributed by atoms with van der Waals surface area (Å²) in [5, 5.41) is 3.56. The van der Waals surface area contributed by atoms with Gasteiger partial charge in [-0.2, -0.15) is 0 Å². The Morgan fingerprint density at radius 2 is 2.28 bits per heavy atom. The number of pyridine rings is 1. The van der Waals surface area contributed by atoms with Crippen LogP contribution >= 0.6 is 15.9 Å². The van der Waals surface area contributed by atoms with E-state index in [9.17, 15) is 0 Å². The molecule has 0 amide bonds. The van der Waals surface area contributed by atoms with Crippen LogP contribution < -0.4 is 5.32 Å². The predicted octanol–water partition coefficient (Wildman–Crippen LogP) is 2.83.